The summed E-state index contributed by atoms with van der Waals surface area (Å²) in [7, 11) is 0. The first-order valence-electron chi connectivity index (χ1n) is 8.94. The minimum absolute atomic E-state index is 0.0151. The van der Waals surface area contributed by atoms with Crippen molar-refractivity contribution in [1.82, 2.24) is 4.90 Å². The maximum Gasteiger partial charge on any atom is 0.334 e. The largest absolute Gasteiger partial charge is 0.478 e. The molecule has 0 bridgehead atoms. The highest BCUT2D eigenvalue weighted by atomic mass is 32.2. The quantitative estimate of drug-likeness (QED) is 0.624. The van der Waals surface area contributed by atoms with Crippen LogP contribution in [0.15, 0.2) is 64.7 Å². The Bertz CT molecular complexity index is 922. The zero-order valence-electron chi connectivity index (χ0n) is 15.6. The Morgan fingerprint density at radius 3 is 2.59 bits per heavy atom. The molecule has 0 radical (unpaired) electrons. The molecule has 1 N–H and O–H groups in total. The number of carboxylic acid groups (broad SMARTS) is 1. The molecular weight excluding hydrogens is 403 g/mol. The van der Waals surface area contributed by atoms with E-state index < -0.39 is 29.5 Å². The molecular formula is C21H20F3NO3S. The third kappa shape index (κ3) is 5.26. The van der Waals surface area contributed by atoms with Crippen molar-refractivity contribution in [2.45, 2.75) is 31.2 Å². The zero-order valence-corrected chi connectivity index (χ0v) is 16.5. The maximum absolute atomic E-state index is 14.4. The molecule has 0 fully saturated rings. The molecule has 0 spiro atoms. The second-order valence-electron chi connectivity index (χ2n) is 6.64. The third-order valence-electron chi connectivity index (χ3n) is 4.46. The summed E-state index contributed by atoms with van der Waals surface area (Å²) in [5.41, 5.74) is -0.147. The highest BCUT2D eigenvalue weighted by molar-refractivity contribution is 8.00. The second kappa shape index (κ2) is 8.82. The Balaban J connectivity index is 1.69. The van der Waals surface area contributed by atoms with Crippen molar-refractivity contribution in [3.05, 3.63) is 83.2 Å². The average Bonchev–Trinajstić information content (AvgIpc) is 3.07. The fourth-order valence-corrected chi connectivity index (χ4v) is 4.27. The number of thioether (sulfide) groups is 1. The summed E-state index contributed by atoms with van der Waals surface area (Å²) < 4.78 is 47.4. The molecule has 1 aliphatic heterocycles. The molecule has 0 amide bonds. The van der Waals surface area contributed by atoms with Crippen molar-refractivity contribution in [2.75, 3.05) is 5.75 Å². The van der Waals surface area contributed by atoms with Gasteiger partial charge in [0, 0.05) is 23.9 Å². The monoisotopic (exact) mass is 423 g/mol. The summed E-state index contributed by atoms with van der Waals surface area (Å²) in [6.07, 6.45) is 4.32. The van der Waals surface area contributed by atoms with Crippen molar-refractivity contribution in [1.29, 1.82) is 0 Å². The number of allylic oxidation sites excluding steroid dienone is 2. The van der Waals surface area contributed by atoms with Crippen molar-refractivity contribution < 1.29 is 27.5 Å². The minimum Gasteiger partial charge on any atom is -0.478 e. The van der Waals surface area contributed by atoms with Crippen LogP contribution in [0.2, 0.25) is 0 Å². The molecule has 1 aromatic heterocycles. The molecule has 1 atom stereocenters. The normalized spacial score (nSPS) is 16.8. The van der Waals surface area contributed by atoms with Gasteiger partial charge in [0.1, 0.15) is 22.7 Å². The van der Waals surface area contributed by atoms with Crippen LogP contribution in [0.1, 0.15) is 23.5 Å². The maximum atomic E-state index is 14.4. The Kier molecular flexibility index (Phi) is 6.42. The number of alkyl halides is 2. The third-order valence-corrected chi connectivity index (χ3v) is 5.74. The standard InChI is InChI=1S/C21H20F3NO3S/c1-14-4-9-17(28-14)13-25-11-2-3-18(20(26)27)19(25)29-12-10-21(23,24)15-5-7-16(22)8-6-15/h2-9,11,19H,10,12-13H2,1H3,(H,26,27). The lowest BCUT2D eigenvalue weighted by atomic mass is 10.1. The molecule has 8 heteroatoms. The van der Waals surface area contributed by atoms with Crippen LogP contribution in [0.3, 0.4) is 0 Å². The zero-order chi connectivity index (χ0) is 21.0. The van der Waals surface area contributed by atoms with Gasteiger partial charge in [0.2, 0.25) is 0 Å². The van der Waals surface area contributed by atoms with E-state index in [4.69, 9.17) is 4.42 Å². The lowest BCUT2D eigenvalue weighted by Gasteiger charge is -2.32. The molecule has 29 heavy (non-hydrogen) atoms. The van der Waals surface area contributed by atoms with Gasteiger partial charge in [-0.2, -0.15) is 0 Å². The molecule has 154 valence electrons. The molecule has 0 aliphatic carbocycles. The Morgan fingerprint density at radius 2 is 1.97 bits per heavy atom. The van der Waals surface area contributed by atoms with E-state index in [-0.39, 0.29) is 16.9 Å². The van der Waals surface area contributed by atoms with E-state index in [1.54, 1.807) is 23.2 Å². The molecule has 0 saturated carbocycles. The molecule has 1 aliphatic rings. The van der Waals surface area contributed by atoms with Crippen LogP contribution in [0, 0.1) is 12.7 Å². The number of nitrogens with zero attached hydrogens (tertiary/aromatic N) is 1. The number of furan rings is 1. The average molecular weight is 423 g/mol. The Labute approximate surface area is 170 Å². The number of rotatable bonds is 8. The van der Waals surface area contributed by atoms with Gasteiger partial charge in [-0.05, 0) is 43.3 Å². The van der Waals surface area contributed by atoms with Gasteiger partial charge in [0.15, 0.2) is 0 Å². The first-order chi connectivity index (χ1) is 13.8. The summed E-state index contributed by atoms with van der Waals surface area (Å²) >= 11 is 1.12. The van der Waals surface area contributed by atoms with Crippen molar-refractivity contribution in [2.24, 2.45) is 0 Å². The van der Waals surface area contributed by atoms with E-state index in [9.17, 15) is 23.1 Å². The van der Waals surface area contributed by atoms with Gasteiger partial charge in [-0.3, -0.25) is 0 Å². The molecule has 3 rings (SSSR count). The van der Waals surface area contributed by atoms with E-state index in [2.05, 4.69) is 0 Å². The number of aliphatic carboxylic acids is 1. The van der Waals surface area contributed by atoms with Crippen LogP contribution in [-0.2, 0) is 17.3 Å². The number of carboxylic acids is 1. The summed E-state index contributed by atoms with van der Waals surface area (Å²) in [6, 6.07) is 7.74. The van der Waals surface area contributed by atoms with Crippen molar-refractivity contribution in [3.8, 4) is 0 Å². The van der Waals surface area contributed by atoms with Crippen LogP contribution in [0.25, 0.3) is 0 Å². The van der Waals surface area contributed by atoms with E-state index in [1.165, 1.54) is 6.08 Å². The molecule has 1 aromatic carbocycles. The SMILES string of the molecule is Cc1ccc(CN2C=CC=C(C(=O)O)C2SCCC(F)(F)c2ccc(F)cc2)o1. The highest BCUT2D eigenvalue weighted by Crippen LogP contribution is 2.36. The second-order valence-corrected chi connectivity index (χ2v) is 7.83. The van der Waals surface area contributed by atoms with Gasteiger partial charge < -0.3 is 14.4 Å². The number of hydrogen-bond acceptors (Lipinski definition) is 4. The Hall–Kier alpha value is -2.61. The molecule has 2 aromatic rings. The van der Waals surface area contributed by atoms with Crippen LogP contribution in [-0.4, -0.2) is 27.1 Å². The smallest absolute Gasteiger partial charge is 0.334 e. The predicted octanol–water partition coefficient (Wildman–Crippen LogP) is 5.31. The van der Waals surface area contributed by atoms with E-state index >= 15 is 0 Å². The molecule has 0 saturated heterocycles. The number of benzene rings is 1. The van der Waals surface area contributed by atoms with Gasteiger partial charge in [0.25, 0.3) is 5.92 Å². The fourth-order valence-electron chi connectivity index (χ4n) is 2.98. The molecule has 1 unspecified atom stereocenters. The summed E-state index contributed by atoms with van der Waals surface area (Å²) in [5, 5.41) is 8.88. The van der Waals surface area contributed by atoms with Crippen LogP contribution in [0.4, 0.5) is 13.2 Å². The predicted molar refractivity (Wildman–Crippen MR) is 105 cm³/mol. The highest BCUT2D eigenvalue weighted by Gasteiger charge is 2.33. The topological polar surface area (TPSA) is 53.7 Å². The number of halogens is 3. The van der Waals surface area contributed by atoms with Gasteiger partial charge in [-0.1, -0.05) is 12.1 Å². The van der Waals surface area contributed by atoms with Crippen LogP contribution >= 0.6 is 11.8 Å². The van der Waals surface area contributed by atoms with Gasteiger partial charge >= 0.3 is 5.97 Å². The van der Waals surface area contributed by atoms with Gasteiger partial charge in [-0.25, -0.2) is 18.0 Å². The molecule has 4 nitrogen and oxygen atoms in total. The number of carbonyl (C=O) groups is 1. The summed E-state index contributed by atoms with van der Waals surface area (Å²) in [5.74, 6) is -3.41. The van der Waals surface area contributed by atoms with Crippen LogP contribution in [0.5, 0.6) is 0 Å². The van der Waals surface area contributed by atoms with Crippen molar-refractivity contribution >= 4 is 17.7 Å². The first kappa shape index (κ1) is 21.1. The van der Waals surface area contributed by atoms with Gasteiger partial charge in [-0.15, -0.1) is 11.8 Å². The van der Waals surface area contributed by atoms with Crippen molar-refractivity contribution in [3.63, 3.8) is 0 Å². The lowest BCUT2D eigenvalue weighted by Crippen LogP contribution is -2.34. The fraction of sp³-hybridized carbons (Fsp3) is 0.286. The van der Waals surface area contributed by atoms with E-state index in [0.717, 1.165) is 41.8 Å². The van der Waals surface area contributed by atoms with E-state index in [1.807, 2.05) is 13.0 Å². The van der Waals surface area contributed by atoms with Gasteiger partial charge in [0.05, 0.1) is 12.1 Å². The number of hydrogen-bond donors (Lipinski definition) is 1. The first-order valence-corrected chi connectivity index (χ1v) is 9.99. The summed E-state index contributed by atoms with van der Waals surface area (Å²) in [4.78, 5) is 13.4. The molecule has 2 heterocycles. The Morgan fingerprint density at radius 1 is 1.24 bits per heavy atom. The minimum atomic E-state index is -3.14. The summed E-state index contributed by atoms with van der Waals surface area (Å²) in [6.45, 7) is 2.13. The van der Waals surface area contributed by atoms with Crippen LogP contribution < -0.4 is 0 Å². The number of aryl methyl sites for hydroxylation is 1. The van der Waals surface area contributed by atoms with E-state index in [0.29, 0.717) is 12.3 Å². The lowest BCUT2D eigenvalue weighted by molar-refractivity contribution is -0.133.